The maximum atomic E-state index is 13.0. The van der Waals surface area contributed by atoms with Crippen molar-refractivity contribution in [3.8, 4) is 0 Å². The Hall–Kier alpha value is -1.44. The van der Waals surface area contributed by atoms with Gasteiger partial charge in [0.15, 0.2) is 0 Å². The van der Waals surface area contributed by atoms with Crippen LogP contribution in [0.2, 0.25) is 0 Å². The molecule has 2 heteroatoms. The van der Waals surface area contributed by atoms with E-state index in [2.05, 4.69) is 11.1 Å². The van der Waals surface area contributed by atoms with Gasteiger partial charge in [-0.2, -0.15) is 0 Å². The van der Waals surface area contributed by atoms with Crippen LogP contribution in [0.1, 0.15) is 5.69 Å². The van der Waals surface area contributed by atoms with E-state index in [1.54, 1.807) is 18.2 Å². The molecule has 0 fully saturated rings. The van der Waals surface area contributed by atoms with Crippen molar-refractivity contribution in [2.75, 3.05) is 0 Å². The van der Waals surface area contributed by atoms with Crippen molar-refractivity contribution in [3.63, 3.8) is 0 Å². The average molecular weight is 160 g/mol. The van der Waals surface area contributed by atoms with Gasteiger partial charge in [-0.25, -0.2) is 4.39 Å². The second-order valence-electron chi connectivity index (χ2n) is 2.68. The van der Waals surface area contributed by atoms with Gasteiger partial charge in [0, 0.05) is 11.1 Å². The molecule has 0 bridgehead atoms. The summed E-state index contributed by atoms with van der Waals surface area (Å²) in [6.07, 6.45) is 0. The van der Waals surface area contributed by atoms with Gasteiger partial charge in [-0.05, 0) is 31.2 Å². The lowest BCUT2D eigenvalue weighted by Crippen LogP contribution is -1.85. The predicted octanol–water partition coefficient (Wildman–Crippen LogP) is 2.48. The zero-order chi connectivity index (χ0) is 8.55. The van der Waals surface area contributed by atoms with E-state index in [4.69, 9.17) is 0 Å². The highest BCUT2D eigenvalue weighted by atomic mass is 19.1. The molecular formula is C10H7FN. The topological polar surface area (TPSA) is 12.9 Å². The fourth-order valence-corrected chi connectivity index (χ4v) is 1.15. The van der Waals surface area contributed by atoms with Crippen LogP contribution in [0.25, 0.3) is 10.9 Å². The van der Waals surface area contributed by atoms with E-state index in [1.165, 1.54) is 6.07 Å². The quantitative estimate of drug-likeness (QED) is 0.577. The van der Waals surface area contributed by atoms with Crippen molar-refractivity contribution >= 4 is 10.9 Å². The highest BCUT2D eigenvalue weighted by molar-refractivity contribution is 5.78. The number of nitrogens with zero attached hydrogens (tertiary/aromatic N) is 1. The van der Waals surface area contributed by atoms with Gasteiger partial charge in [-0.3, -0.25) is 4.98 Å². The Morgan fingerprint density at radius 3 is 3.08 bits per heavy atom. The predicted molar refractivity (Wildman–Crippen MR) is 45.3 cm³/mol. The molecule has 1 nitrogen and oxygen atoms in total. The minimum absolute atomic E-state index is 0.264. The summed E-state index contributed by atoms with van der Waals surface area (Å²) < 4.78 is 13.0. The maximum Gasteiger partial charge on any atom is 0.133 e. The van der Waals surface area contributed by atoms with E-state index in [0.29, 0.717) is 10.9 Å². The fraction of sp³-hybridized carbons (Fsp3) is 0.100. The summed E-state index contributed by atoms with van der Waals surface area (Å²) in [7, 11) is 0. The van der Waals surface area contributed by atoms with Gasteiger partial charge >= 0.3 is 0 Å². The van der Waals surface area contributed by atoms with E-state index >= 15 is 0 Å². The normalized spacial score (nSPS) is 10.5. The lowest BCUT2D eigenvalue weighted by molar-refractivity contribution is 0.639. The first-order chi connectivity index (χ1) is 5.77. The second-order valence-corrected chi connectivity index (χ2v) is 2.68. The number of benzene rings is 1. The summed E-state index contributed by atoms with van der Waals surface area (Å²) in [5.74, 6) is -0.264. The zero-order valence-electron chi connectivity index (χ0n) is 6.63. The highest BCUT2D eigenvalue weighted by Crippen LogP contribution is 2.14. The van der Waals surface area contributed by atoms with Crippen molar-refractivity contribution in [3.05, 3.63) is 41.8 Å². The fourth-order valence-electron chi connectivity index (χ4n) is 1.15. The first kappa shape index (κ1) is 7.22. The molecule has 0 N–H and O–H groups in total. The third-order valence-corrected chi connectivity index (χ3v) is 1.71. The molecule has 0 amide bonds. The third-order valence-electron chi connectivity index (χ3n) is 1.71. The van der Waals surface area contributed by atoms with Crippen molar-refractivity contribution in [2.45, 2.75) is 6.92 Å². The number of fused-ring (bicyclic) bond motifs is 1. The Morgan fingerprint density at radius 1 is 1.42 bits per heavy atom. The SMILES string of the molecule is Cc1c[c]c2c(F)cccc2n1. The van der Waals surface area contributed by atoms with E-state index in [0.717, 1.165) is 5.69 Å². The molecule has 0 aliphatic rings. The number of aryl methyl sites for hydroxylation is 1. The molecule has 0 aliphatic heterocycles. The summed E-state index contributed by atoms with van der Waals surface area (Å²) in [5, 5.41) is 0.461. The Labute approximate surface area is 69.9 Å². The summed E-state index contributed by atoms with van der Waals surface area (Å²) in [4.78, 5) is 4.17. The van der Waals surface area contributed by atoms with Gasteiger partial charge in [0.1, 0.15) is 5.82 Å². The molecule has 1 aromatic heterocycles. The monoisotopic (exact) mass is 160 g/mol. The Morgan fingerprint density at radius 2 is 2.25 bits per heavy atom. The number of hydrogen-bond acceptors (Lipinski definition) is 1. The van der Waals surface area contributed by atoms with Crippen LogP contribution in [-0.4, -0.2) is 4.98 Å². The largest absolute Gasteiger partial charge is 0.253 e. The van der Waals surface area contributed by atoms with Crippen LogP contribution in [0.3, 0.4) is 0 Å². The Kier molecular flexibility index (Phi) is 1.54. The molecule has 0 saturated carbocycles. The lowest BCUT2D eigenvalue weighted by Gasteiger charge is -1.97. The molecule has 12 heavy (non-hydrogen) atoms. The molecule has 0 aliphatic carbocycles. The second kappa shape index (κ2) is 2.55. The summed E-state index contributed by atoms with van der Waals surface area (Å²) in [5.41, 5.74) is 1.52. The first-order valence-electron chi connectivity index (χ1n) is 3.71. The standard InChI is InChI=1S/C10H7FN/c1-7-5-6-8-9(11)3-2-4-10(8)12-7/h2-5H,1H3. The van der Waals surface area contributed by atoms with E-state index < -0.39 is 0 Å². The minimum Gasteiger partial charge on any atom is -0.253 e. The smallest absolute Gasteiger partial charge is 0.133 e. The number of hydrogen-bond donors (Lipinski definition) is 0. The number of rotatable bonds is 0. The molecule has 0 spiro atoms. The number of pyridine rings is 1. The van der Waals surface area contributed by atoms with Gasteiger partial charge in [0.25, 0.3) is 0 Å². The highest BCUT2D eigenvalue weighted by Gasteiger charge is 1.99. The summed E-state index contributed by atoms with van der Waals surface area (Å²) in [6.45, 7) is 1.86. The van der Waals surface area contributed by atoms with Crippen LogP contribution in [0.15, 0.2) is 24.3 Å². The summed E-state index contributed by atoms with van der Waals surface area (Å²) in [6, 6.07) is 9.38. The van der Waals surface area contributed by atoms with Gasteiger partial charge in [0.2, 0.25) is 0 Å². The molecule has 0 unspecified atom stereocenters. The molecular weight excluding hydrogens is 153 g/mol. The summed E-state index contributed by atoms with van der Waals surface area (Å²) >= 11 is 0. The molecule has 2 aromatic rings. The van der Waals surface area contributed by atoms with Crippen LogP contribution in [0, 0.1) is 18.8 Å². The lowest BCUT2D eigenvalue weighted by atomic mass is 10.2. The van der Waals surface area contributed by atoms with Crippen LogP contribution in [-0.2, 0) is 0 Å². The zero-order valence-corrected chi connectivity index (χ0v) is 6.63. The van der Waals surface area contributed by atoms with Crippen molar-refractivity contribution in [2.24, 2.45) is 0 Å². The van der Waals surface area contributed by atoms with Gasteiger partial charge < -0.3 is 0 Å². The van der Waals surface area contributed by atoms with Crippen molar-refractivity contribution < 1.29 is 4.39 Å². The van der Waals surface area contributed by atoms with Gasteiger partial charge in [-0.1, -0.05) is 6.07 Å². The molecule has 1 heterocycles. The van der Waals surface area contributed by atoms with Gasteiger partial charge in [0.05, 0.1) is 5.52 Å². The molecule has 1 radical (unpaired) electrons. The molecule has 1 aromatic carbocycles. The number of aromatic nitrogens is 1. The van der Waals surface area contributed by atoms with Crippen LogP contribution >= 0.6 is 0 Å². The van der Waals surface area contributed by atoms with E-state index in [9.17, 15) is 4.39 Å². The van der Waals surface area contributed by atoms with Crippen LogP contribution < -0.4 is 0 Å². The van der Waals surface area contributed by atoms with Crippen molar-refractivity contribution in [1.82, 2.24) is 4.98 Å². The first-order valence-corrected chi connectivity index (χ1v) is 3.71. The third kappa shape index (κ3) is 1.05. The average Bonchev–Trinajstić information content (AvgIpc) is 2.04. The van der Waals surface area contributed by atoms with Crippen LogP contribution in [0.5, 0.6) is 0 Å². The Bertz CT molecular complexity index is 423. The maximum absolute atomic E-state index is 13.0. The van der Waals surface area contributed by atoms with E-state index in [-0.39, 0.29) is 5.82 Å². The molecule has 0 saturated heterocycles. The molecule has 59 valence electrons. The van der Waals surface area contributed by atoms with Crippen molar-refractivity contribution in [1.29, 1.82) is 0 Å². The minimum atomic E-state index is -0.264. The molecule has 0 atom stereocenters. The van der Waals surface area contributed by atoms with E-state index in [1.807, 2.05) is 6.92 Å². The molecule has 2 rings (SSSR count). The van der Waals surface area contributed by atoms with Gasteiger partial charge in [-0.15, -0.1) is 0 Å². The van der Waals surface area contributed by atoms with Crippen LogP contribution in [0.4, 0.5) is 4.39 Å². The number of halogens is 1. The Balaban J connectivity index is 2.86.